The Bertz CT molecular complexity index is 989. The summed E-state index contributed by atoms with van der Waals surface area (Å²) >= 11 is 1.74. The zero-order valence-corrected chi connectivity index (χ0v) is 23.4. The molecule has 0 N–H and O–H groups in total. The largest absolute Gasteiger partial charge is 1.00 e. The maximum atomic E-state index is 2.31. The van der Waals surface area contributed by atoms with Crippen molar-refractivity contribution in [3.05, 3.63) is 133 Å². The fourth-order valence-corrected chi connectivity index (χ4v) is 2.65. The van der Waals surface area contributed by atoms with Crippen LogP contribution in [-0.2, 0) is 23.3 Å². The Morgan fingerprint density at radius 2 is 0.719 bits per heavy atom. The first-order valence-corrected chi connectivity index (χ1v) is 16.2. The average molecular weight is 555 g/mol. The second-order valence-electron chi connectivity index (χ2n) is 6.85. The van der Waals surface area contributed by atoms with Crippen LogP contribution in [-0.4, -0.2) is 5.43 Å². The minimum absolute atomic E-state index is 0. The molecule has 0 aromatic heterocycles. The Morgan fingerprint density at radius 1 is 0.469 bits per heavy atom. The van der Waals surface area contributed by atoms with Gasteiger partial charge in [-0.25, -0.2) is 0 Å². The first kappa shape index (κ1) is 30.3. The molecule has 0 saturated heterocycles. The van der Waals surface area contributed by atoms with Gasteiger partial charge in [0.2, 0.25) is 0 Å². The molecule has 0 bridgehead atoms. The van der Waals surface area contributed by atoms with E-state index in [0.717, 1.165) is 0 Å². The molecule has 0 amide bonds. The molecule has 0 aliphatic rings. The first-order chi connectivity index (χ1) is 14.7. The van der Waals surface area contributed by atoms with E-state index in [2.05, 4.69) is 98.0 Å². The van der Waals surface area contributed by atoms with Gasteiger partial charge < -0.3 is 24.8 Å². The van der Waals surface area contributed by atoms with Crippen molar-refractivity contribution in [3.63, 3.8) is 0 Å². The third-order valence-corrected chi connectivity index (χ3v) is 3.98. The fraction of sp³-hybridized carbons (Fsp3) is 0.0714. The average Bonchev–Trinajstić information content (AvgIpc) is 3.37. The molecule has 0 nitrogen and oxygen atoms in total. The quantitative estimate of drug-likeness (QED) is 0.231. The van der Waals surface area contributed by atoms with Gasteiger partial charge in [0.25, 0.3) is 0 Å². The minimum atomic E-state index is 0. The van der Waals surface area contributed by atoms with Gasteiger partial charge in [0.15, 0.2) is 0 Å². The van der Waals surface area contributed by atoms with Crippen LogP contribution in [0.5, 0.6) is 0 Å². The van der Waals surface area contributed by atoms with Gasteiger partial charge >= 0.3 is 41.9 Å². The number of hydrogen-bond acceptors (Lipinski definition) is 0. The van der Waals surface area contributed by atoms with Crippen molar-refractivity contribution >= 4 is 27.0 Å². The van der Waals surface area contributed by atoms with E-state index in [1.165, 1.54) is 21.5 Å². The monoisotopic (exact) mass is 552 g/mol. The molecule has 0 aliphatic heterocycles. The Labute approximate surface area is 220 Å². The van der Waals surface area contributed by atoms with Crippen LogP contribution in [0.25, 0.3) is 21.5 Å². The fourth-order valence-electron chi connectivity index (χ4n) is 2.65. The van der Waals surface area contributed by atoms with Crippen molar-refractivity contribution in [2.75, 3.05) is 0 Å². The zero-order valence-electron chi connectivity index (χ0n) is 18.5. The molecule has 4 heteroatoms. The number of rotatable bonds is 0. The van der Waals surface area contributed by atoms with Crippen molar-refractivity contribution in [2.45, 2.75) is 13.1 Å². The first-order valence-electron chi connectivity index (χ1n) is 10.1. The number of halogens is 2. The molecule has 0 radical (unpaired) electrons. The second kappa shape index (κ2) is 18.8. The molecule has 0 atom stereocenters. The van der Waals surface area contributed by atoms with Gasteiger partial charge in [-0.2, -0.15) is 24.3 Å². The molecule has 0 aliphatic carbocycles. The molecule has 0 heterocycles. The van der Waals surface area contributed by atoms with Gasteiger partial charge in [-0.05, 0) is 0 Å². The third kappa shape index (κ3) is 13.0. The molecule has 0 fully saturated rings. The SMILES string of the molecule is C[Si](C)=[Zr+2].[Cl-].[Cl-].c1cccc[c-]2cccc2ccc1.c1cccc[c-]2cccc2ccc1. The second-order valence-corrected chi connectivity index (χ2v) is 16.2. The van der Waals surface area contributed by atoms with Crippen LogP contribution in [0.4, 0.5) is 0 Å². The summed E-state index contributed by atoms with van der Waals surface area (Å²) in [7, 11) is 0. The van der Waals surface area contributed by atoms with Crippen LogP contribution in [0.15, 0.2) is 133 Å². The van der Waals surface area contributed by atoms with Crippen molar-refractivity contribution in [2.24, 2.45) is 0 Å². The van der Waals surface area contributed by atoms with Crippen molar-refractivity contribution in [1.82, 2.24) is 0 Å². The predicted octanol–water partition coefficient (Wildman–Crippen LogP) is 2.16. The van der Waals surface area contributed by atoms with Crippen LogP contribution in [0.2, 0.25) is 13.1 Å². The molecule has 4 rings (SSSR count). The van der Waals surface area contributed by atoms with E-state index in [9.17, 15) is 0 Å². The Balaban J connectivity index is 0.000000490. The summed E-state index contributed by atoms with van der Waals surface area (Å²) in [4.78, 5) is 0. The Morgan fingerprint density at radius 3 is 1.09 bits per heavy atom. The van der Waals surface area contributed by atoms with E-state index in [1.54, 1.807) is 23.3 Å². The predicted molar refractivity (Wildman–Crippen MR) is 132 cm³/mol. The molecular formula is C28H28Cl2SiZr-2. The van der Waals surface area contributed by atoms with Gasteiger partial charge in [-0.1, -0.05) is 71.4 Å². The molecule has 0 saturated carbocycles. The molecule has 0 unspecified atom stereocenters. The van der Waals surface area contributed by atoms with E-state index in [1.807, 2.05) is 48.5 Å². The maximum Gasteiger partial charge on any atom is -0.0635 e. The van der Waals surface area contributed by atoms with Gasteiger partial charge in [0, 0.05) is 0 Å². The van der Waals surface area contributed by atoms with Crippen molar-refractivity contribution < 1.29 is 48.1 Å². The standard InChI is InChI=1S/2C13H11.C2H6Si.2ClH.Zr/c2*1-2-4-6-9-13-11-7-10-12(13)8-5-3-1;1-3-2;;;/h2*1-11H;1-2H3;2*1H;/q2*-1;;;;+2/p-2. The van der Waals surface area contributed by atoms with E-state index in [-0.39, 0.29) is 30.2 Å². The smallest absolute Gasteiger partial charge is 0.0635 e. The molecule has 164 valence electrons. The van der Waals surface area contributed by atoms with E-state index < -0.39 is 0 Å². The van der Waals surface area contributed by atoms with Crippen molar-refractivity contribution in [1.29, 1.82) is 0 Å². The summed E-state index contributed by atoms with van der Waals surface area (Å²) in [5.74, 6) is 0. The molecular weight excluding hydrogens is 527 g/mol. The molecule has 4 aromatic rings. The summed E-state index contributed by atoms with van der Waals surface area (Å²) in [6.45, 7) is 4.62. The Hall–Kier alpha value is -1.70. The van der Waals surface area contributed by atoms with E-state index in [4.69, 9.17) is 0 Å². The summed E-state index contributed by atoms with van der Waals surface area (Å²) in [5.41, 5.74) is 0.210. The van der Waals surface area contributed by atoms with E-state index in [0.29, 0.717) is 0 Å². The van der Waals surface area contributed by atoms with Crippen molar-refractivity contribution in [3.8, 4) is 0 Å². The van der Waals surface area contributed by atoms with Crippen LogP contribution >= 0.6 is 0 Å². The molecule has 0 spiro atoms. The topological polar surface area (TPSA) is 0 Å². The third-order valence-electron chi connectivity index (χ3n) is 3.98. The zero-order chi connectivity index (χ0) is 21.4. The van der Waals surface area contributed by atoms with Crippen LogP contribution in [0.3, 0.4) is 0 Å². The Kier molecular flexibility index (Phi) is 17.8. The van der Waals surface area contributed by atoms with Gasteiger partial charge in [0.05, 0.1) is 0 Å². The molecule has 4 aromatic carbocycles. The summed E-state index contributed by atoms with van der Waals surface area (Å²) in [6.07, 6.45) is 0. The summed E-state index contributed by atoms with van der Waals surface area (Å²) in [6, 6.07) is 45.6. The van der Waals surface area contributed by atoms with E-state index >= 15 is 0 Å². The van der Waals surface area contributed by atoms with Gasteiger partial charge in [-0.15, -0.1) is 59.3 Å². The van der Waals surface area contributed by atoms with Gasteiger partial charge in [-0.3, -0.25) is 0 Å². The molecule has 32 heavy (non-hydrogen) atoms. The van der Waals surface area contributed by atoms with Crippen LogP contribution in [0.1, 0.15) is 0 Å². The normalized spacial score (nSPS) is 8.62. The van der Waals surface area contributed by atoms with Gasteiger partial charge in [0.1, 0.15) is 0 Å². The minimum Gasteiger partial charge on any atom is -1.00 e. The number of fused-ring (bicyclic) bond motifs is 2. The van der Waals surface area contributed by atoms with Crippen LogP contribution in [0, 0.1) is 0 Å². The van der Waals surface area contributed by atoms with Crippen LogP contribution < -0.4 is 24.8 Å². The summed E-state index contributed by atoms with van der Waals surface area (Å²) in [5, 5.41) is 5.10. The number of hydrogen-bond donors (Lipinski definition) is 0. The maximum absolute atomic E-state index is 2.31. The summed E-state index contributed by atoms with van der Waals surface area (Å²) < 4.78 is 0.